The molecule has 0 radical (unpaired) electrons. The quantitative estimate of drug-likeness (QED) is 0.211. The molecule has 1 aliphatic heterocycles. The van der Waals surface area contributed by atoms with Gasteiger partial charge < -0.3 is 24.8 Å². The predicted molar refractivity (Wildman–Crippen MR) is 161 cm³/mol. The molecule has 1 amide bonds. The van der Waals surface area contributed by atoms with Gasteiger partial charge in [-0.2, -0.15) is 0 Å². The fourth-order valence-corrected chi connectivity index (χ4v) is 4.93. The molecule has 212 valence electrons. The average molecular weight is 551 g/mol. The van der Waals surface area contributed by atoms with Crippen LogP contribution in [0, 0.1) is 5.92 Å². The van der Waals surface area contributed by atoms with E-state index in [0.717, 1.165) is 48.2 Å². The third-order valence-corrected chi connectivity index (χ3v) is 7.21. The fraction of sp³-hybridized carbons (Fsp3) is 0.286. The lowest BCUT2D eigenvalue weighted by Gasteiger charge is -2.22. The van der Waals surface area contributed by atoms with Crippen LogP contribution in [0.2, 0.25) is 0 Å². The zero-order valence-electron chi connectivity index (χ0n) is 23.4. The molecule has 41 heavy (non-hydrogen) atoms. The van der Waals surface area contributed by atoms with Crippen molar-refractivity contribution in [3.8, 4) is 17.2 Å². The van der Waals surface area contributed by atoms with Crippen LogP contribution in [-0.2, 0) is 31.0 Å². The van der Waals surface area contributed by atoms with Crippen LogP contribution in [0.1, 0.15) is 35.1 Å². The number of rotatable bonds is 13. The molecular formula is C35H38N2O4. The smallest absolute Gasteiger partial charge is 0.224 e. The molecule has 0 saturated carbocycles. The van der Waals surface area contributed by atoms with Crippen molar-refractivity contribution in [1.29, 1.82) is 0 Å². The molecule has 1 saturated heterocycles. The Kier molecular flexibility index (Phi) is 10.3. The van der Waals surface area contributed by atoms with Crippen molar-refractivity contribution in [3.05, 3.63) is 125 Å². The highest BCUT2D eigenvalue weighted by Crippen LogP contribution is 2.42. The summed E-state index contributed by atoms with van der Waals surface area (Å²) in [6, 6.07) is 34.2. The topological polar surface area (TPSA) is 68.8 Å². The molecule has 1 aliphatic rings. The number of benzene rings is 4. The van der Waals surface area contributed by atoms with Gasteiger partial charge in [-0.1, -0.05) is 97.1 Å². The molecule has 2 N–H and O–H groups in total. The first-order valence-corrected chi connectivity index (χ1v) is 14.4. The van der Waals surface area contributed by atoms with E-state index in [-0.39, 0.29) is 11.8 Å². The number of carbonyl (C=O) groups excluding carboxylic acids is 1. The molecule has 1 atom stereocenters. The summed E-state index contributed by atoms with van der Waals surface area (Å²) in [7, 11) is 0. The van der Waals surface area contributed by atoms with Gasteiger partial charge in [-0.15, -0.1) is 0 Å². The van der Waals surface area contributed by atoms with Crippen LogP contribution in [0.3, 0.4) is 0 Å². The minimum atomic E-state index is 0.0241. The molecular weight excluding hydrogens is 512 g/mol. The van der Waals surface area contributed by atoms with Gasteiger partial charge in [-0.25, -0.2) is 0 Å². The molecule has 0 bridgehead atoms. The summed E-state index contributed by atoms with van der Waals surface area (Å²) in [5, 5.41) is 6.45. The van der Waals surface area contributed by atoms with Crippen molar-refractivity contribution in [2.45, 2.75) is 39.1 Å². The molecule has 6 heteroatoms. The Hall–Kier alpha value is -4.29. The summed E-state index contributed by atoms with van der Waals surface area (Å²) in [4.78, 5) is 12.8. The first-order chi connectivity index (χ1) is 20.3. The number of carbonyl (C=O) groups is 1. The molecule has 5 rings (SSSR count). The van der Waals surface area contributed by atoms with Crippen molar-refractivity contribution in [1.82, 2.24) is 10.6 Å². The second-order valence-electron chi connectivity index (χ2n) is 10.3. The van der Waals surface area contributed by atoms with Crippen LogP contribution in [0.25, 0.3) is 0 Å². The van der Waals surface area contributed by atoms with Crippen LogP contribution in [-0.4, -0.2) is 25.5 Å². The van der Waals surface area contributed by atoms with Crippen LogP contribution in [0.15, 0.2) is 103 Å². The summed E-state index contributed by atoms with van der Waals surface area (Å²) in [5.74, 6) is 1.96. The summed E-state index contributed by atoms with van der Waals surface area (Å²) in [6.45, 7) is 3.40. The first kappa shape index (κ1) is 28.2. The number of piperidine rings is 1. The maximum Gasteiger partial charge on any atom is 0.224 e. The Bertz CT molecular complexity index is 1360. The van der Waals surface area contributed by atoms with E-state index in [0.29, 0.717) is 50.0 Å². The third-order valence-electron chi connectivity index (χ3n) is 7.21. The largest absolute Gasteiger partial charge is 0.485 e. The van der Waals surface area contributed by atoms with E-state index in [4.69, 9.17) is 14.2 Å². The van der Waals surface area contributed by atoms with E-state index in [2.05, 4.69) is 10.6 Å². The Balaban J connectivity index is 1.39. The lowest BCUT2D eigenvalue weighted by atomic mass is 9.99. The van der Waals surface area contributed by atoms with E-state index < -0.39 is 0 Å². The normalized spacial score (nSPS) is 14.7. The highest BCUT2D eigenvalue weighted by Gasteiger charge is 2.22. The van der Waals surface area contributed by atoms with Gasteiger partial charge in [-0.05, 0) is 48.6 Å². The molecule has 0 aliphatic carbocycles. The standard InChI is InChI=1S/C35H38N2O4/c38-35(31-17-10-21-36-23-31)37-22-20-30-18-19-32(39-24-27-11-4-1-5-12-27)34(41-26-29-15-8-3-9-16-29)33(30)40-25-28-13-6-2-7-14-28/h1-9,11-16,18-19,31,36H,10,17,20-26H2,(H,37,38). The van der Waals surface area contributed by atoms with E-state index in [1.807, 2.05) is 103 Å². The Morgan fingerprint density at radius 3 is 1.83 bits per heavy atom. The molecule has 0 spiro atoms. The van der Waals surface area contributed by atoms with E-state index >= 15 is 0 Å². The van der Waals surface area contributed by atoms with Crippen molar-refractivity contribution in [2.75, 3.05) is 19.6 Å². The number of hydrogen-bond acceptors (Lipinski definition) is 5. The maximum atomic E-state index is 12.8. The Morgan fingerprint density at radius 2 is 1.27 bits per heavy atom. The van der Waals surface area contributed by atoms with Crippen molar-refractivity contribution in [3.63, 3.8) is 0 Å². The summed E-state index contributed by atoms with van der Waals surface area (Å²) >= 11 is 0. The molecule has 6 nitrogen and oxygen atoms in total. The predicted octanol–water partition coefficient (Wildman–Crippen LogP) is 6.08. The first-order valence-electron chi connectivity index (χ1n) is 14.4. The van der Waals surface area contributed by atoms with E-state index in [1.165, 1.54) is 0 Å². The van der Waals surface area contributed by atoms with E-state index in [1.54, 1.807) is 0 Å². The molecule has 1 unspecified atom stereocenters. The lowest BCUT2D eigenvalue weighted by molar-refractivity contribution is -0.125. The Labute approximate surface area is 242 Å². The summed E-state index contributed by atoms with van der Waals surface area (Å²) in [6.07, 6.45) is 2.56. The van der Waals surface area contributed by atoms with Gasteiger partial charge in [0.05, 0.1) is 5.92 Å². The summed E-state index contributed by atoms with van der Waals surface area (Å²) < 4.78 is 19.2. The van der Waals surface area contributed by atoms with Gasteiger partial charge in [0.25, 0.3) is 0 Å². The SMILES string of the molecule is O=C(NCCc1ccc(OCc2ccccc2)c(OCc2ccccc2)c1OCc1ccccc1)C1CCCNC1. The van der Waals surface area contributed by atoms with Crippen molar-refractivity contribution >= 4 is 5.91 Å². The number of amides is 1. The second kappa shape index (κ2) is 14.9. The third kappa shape index (κ3) is 8.35. The van der Waals surface area contributed by atoms with Gasteiger partial charge in [0.1, 0.15) is 19.8 Å². The Morgan fingerprint density at radius 1 is 0.707 bits per heavy atom. The number of nitrogens with one attached hydrogen (secondary N) is 2. The molecule has 4 aromatic carbocycles. The number of ether oxygens (including phenoxy) is 3. The fourth-order valence-electron chi connectivity index (χ4n) is 4.93. The maximum absolute atomic E-state index is 12.8. The van der Waals surface area contributed by atoms with Gasteiger partial charge in [-0.3, -0.25) is 4.79 Å². The number of hydrogen-bond donors (Lipinski definition) is 2. The van der Waals surface area contributed by atoms with Gasteiger partial charge in [0.15, 0.2) is 11.5 Å². The van der Waals surface area contributed by atoms with Crippen molar-refractivity contribution < 1.29 is 19.0 Å². The zero-order valence-corrected chi connectivity index (χ0v) is 23.4. The van der Waals surface area contributed by atoms with Crippen LogP contribution in [0.5, 0.6) is 17.2 Å². The summed E-state index contributed by atoms with van der Waals surface area (Å²) in [5.41, 5.74) is 4.13. The molecule has 4 aromatic rings. The van der Waals surface area contributed by atoms with Crippen LogP contribution < -0.4 is 24.8 Å². The van der Waals surface area contributed by atoms with Crippen LogP contribution in [0.4, 0.5) is 0 Å². The van der Waals surface area contributed by atoms with Gasteiger partial charge in [0, 0.05) is 18.7 Å². The molecule has 1 fully saturated rings. The molecule has 0 aromatic heterocycles. The highest BCUT2D eigenvalue weighted by molar-refractivity contribution is 5.79. The minimum absolute atomic E-state index is 0.0241. The van der Waals surface area contributed by atoms with E-state index in [9.17, 15) is 4.79 Å². The van der Waals surface area contributed by atoms with Gasteiger partial charge in [0.2, 0.25) is 11.7 Å². The zero-order chi connectivity index (χ0) is 28.1. The average Bonchev–Trinajstić information content (AvgIpc) is 3.04. The van der Waals surface area contributed by atoms with Gasteiger partial charge >= 0.3 is 0 Å². The lowest BCUT2D eigenvalue weighted by Crippen LogP contribution is -2.41. The van der Waals surface area contributed by atoms with Crippen molar-refractivity contribution in [2.24, 2.45) is 5.92 Å². The van der Waals surface area contributed by atoms with Crippen LogP contribution >= 0.6 is 0 Å². The highest BCUT2D eigenvalue weighted by atomic mass is 16.5. The molecule has 1 heterocycles. The minimum Gasteiger partial charge on any atom is -0.485 e. The monoisotopic (exact) mass is 550 g/mol. The second-order valence-corrected chi connectivity index (χ2v) is 10.3.